The predicted octanol–water partition coefficient (Wildman–Crippen LogP) is 3.79. The van der Waals surface area contributed by atoms with Gasteiger partial charge in [0, 0.05) is 16.3 Å². The van der Waals surface area contributed by atoms with E-state index in [1.54, 1.807) is 49.5 Å². The third-order valence-electron chi connectivity index (χ3n) is 2.63. The van der Waals surface area contributed by atoms with Crippen molar-refractivity contribution in [3.8, 4) is 0 Å². The first-order chi connectivity index (χ1) is 9.42. The summed E-state index contributed by atoms with van der Waals surface area (Å²) in [7, 11) is -1.83. The Hall–Kier alpha value is -0.990. The molecule has 7 heteroatoms. The van der Waals surface area contributed by atoms with E-state index in [-0.39, 0.29) is 4.90 Å². The van der Waals surface area contributed by atoms with Crippen molar-refractivity contribution < 1.29 is 8.42 Å². The molecule has 0 aliphatic carbocycles. The maximum absolute atomic E-state index is 12.2. The minimum atomic E-state index is -3.61. The molecule has 0 bridgehead atoms. The van der Waals surface area contributed by atoms with Gasteiger partial charge >= 0.3 is 0 Å². The fourth-order valence-corrected chi connectivity index (χ4v) is 3.14. The first-order valence-electron chi connectivity index (χ1n) is 5.68. The van der Waals surface area contributed by atoms with Crippen LogP contribution in [-0.2, 0) is 10.0 Å². The van der Waals surface area contributed by atoms with Gasteiger partial charge in [0.1, 0.15) is 0 Å². The van der Waals surface area contributed by atoms with Gasteiger partial charge < -0.3 is 5.32 Å². The fraction of sp³-hybridized carbons (Fsp3) is 0.0769. The average molecular weight is 423 g/mol. The van der Waals surface area contributed by atoms with Crippen molar-refractivity contribution in [1.82, 2.24) is 0 Å². The van der Waals surface area contributed by atoms with Gasteiger partial charge in [-0.25, -0.2) is 8.42 Å². The summed E-state index contributed by atoms with van der Waals surface area (Å²) in [5, 5.41) is 3.45. The lowest BCUT2D eigenvalue weighted by atomic mass is 10.3. The number of anilines is 2. The van der Waals surface area contributed by atoms with E-state index >= 15 is 0 Å². The Morgan fingerprint density at radius 1 is 1.05 bits per heavy atom. The molecule has 2 N–H and O–H groups in total. The number of rotatable bonds is 4. The molecule has 4 nitrogen and oxygen atoms in total. The Morgan fingerprint density at radius 2 is 1.65 bits per heavy atom. The van der Waals surface area contributed by atoms with E-state index in [1.807, 2.05) is 0 Å². The van der Waals surface area contributed by atoms with Gasteiger partial charge in [0.05, 0.1) is 15.6 Å². The van der Waals surface area contributed by atoms with Gasteiger partial charge in [-0.05, 0) is 65.1 Å². The molecule has 0 radical (unpaired) electrons. The minimum absolute atomic E-state index is 0.200. The Kier molecular flexibility index (Phi) is 4.77. The molecule has 0 fully saturated rings. The van der Waals surface area contributed by atoms with Crippen LogP contribution in [0.4, 0.5) is 11.4 Å². The lowest BCUT2D eigenvalue weighted by Crippen LogP contribution is -2.12. The molecule has 106 valence electrons. The summed E-state index contributed by atoms with van der Waals surface area (Å²) in [6.07, 6.45) is 0. The number of sulfonamides is 1. The van der Waals surface area contributed by atoms with E-state index < -0.39 is 10.0 Å². The number of benzene rings is 2. The molecule has 0 heterocycles. The molecule has 0 unspecified atom stereocenters. The summed E-state index contributed by atoms with van der Waals surface area (Å²) < 4.78 is 27.8. The van der Waals surface area contributed by atoms with Crippen LogP contribution in [0, 0.1) is 3.57 Å². The number of nitrogens with one attached hydrogen (secondary N) is 2. The van der Waals surface area contributed by atoms with Gasteiger partial charge in [0.2, 0.25) is 0 Å². The second-order valence-corrected chi connectivity index (χ2v) is 7.26. The summed E-state index contributed by atoms with van der Waals surface area (Å²) in [5.41, 5.74) is 1.29. The summed E-state index contributed by atoms with van der Waals surface area (Å²) >= 11 is 8.06. The summed E-state index contributed by atoms with van der Waals surface area (Å²) in [4.78, 5) is 0.200. The topological polar surface area (TPSA) is 58.2 Å². The highest BCUT2D eigenvalue weighted by atomic mass is 127. The standard InChI is InChI=1S/C13H12ClIN2O2S/c1-16-9-2-5-11(6-3-9)20(18,19)17-10-4-7-13(15)12(14)8-10/h2-8,16-17H,1H3. The van der Waals surface area contributed by atoms with E-state index in [0.717, 1.165) is 9.26 Å². The highest BCUT2D eigenvalue weighted by Crippen LogP contribution is 2.24. The molecule has 2 rings (SSSR count). The normalized spacial score (nSPS) is 11.2. The zero-order valence-electron chi connectivity index (χ0n) is 10.5. The van der Waals surface area contributed by atoms with Crippen molar-refractivity contribution in [2.24, 2.45) is 0 Å². The van der Waals surface area contributed by atoms with Crippen LogP contribution >= 0.6 is 34.2 Å². The predicted molar refractivity (Wildman–Crippen MR) is 91.0 cm³/mol. The van der Waals surface area contributed by atoms with Crippen molar-refractivity contribution in [1.29, 1.82) is 0 Å². The first-order valence-corrected chi connectivity index (χ1v) is 8.62. The molecule has 0 saturated carbocycles. The molecule has 0 saturated heterocycles. The highest BCUT2D eigenvalue weighted by molar-refractivity contribution is 14.1. The second kappa shape index (κ2) is 6.19. The quantitative estimate of drug-likeness (QED) is 0.737. The van der Waals surface area contributed by atoms with Crippen LogP contribution in [0.1, 0.15) is 0 Å². The van der Waals surface area contributed by atoms with Crippen molar-refractivity contribution in [3.05, 3.63) is 51.1 Å². The first kappa shape index (κ1) is 15.4. The van der Waals surface area contributed by atoms with E-state index in [0.29, 0.717) is 10.7 Å². The van der Waals surface area contributed by atoms with Gasteiger partial charge in [-0.15, -0.1) is 0 Å². The average Bonchev–Trinajstić information content (AvgIpc) is 2.43. The van der Waals surface area contributed by atoms with Crippen LogP contribution in [0.15, 0.2) is 47.4 Å². The van der Waals surface area contributed by atoms with Gasteiger partial charge in [0.25, 0.3) is 10.0 Å². The third kappa shape index (κ3) is 3.56. The maximum Gasteiger partial charge on any atom is 0.261 e. The number of hydrogen-bond acceptors (Lipinski definition) is 3. The summed E-state index contributed by atoms with van der Waals surface area (Å²) in [5.74, 6) is 0. The number of halogens is 2. The Balaban J connectivity index is 2.27. The van der Waals surface area contributed by atoms with Gasteiger partial charge in [0.15, 0.2) is 0 Å². The Bertz CT molecular complexity index is 718. The summed E-state index contributed by atoms with van der Waals surface area (Å²) in [6.45, 7) is 0. The third-order valence-corrected chi connectivity index (χ3v) is 5.59. The molecule has 0 atom stereocenters. The molecule has 2 aromatic rings. The smallest absolute Gasteiger partial charge is 0.261 e. The highest BCUT2D eigenvalue weighted by Gasteiger charge is 2.14. The summed E-state index contributed by atoms with van der Waals surface area (Å²) in [6, 6.07) is 11.5. The van der Waals surface area contributed by atoms with Crippen LogP contribution in [0.3, 0.4) is 0 Å². The molecule has 20 heavy (non-hydrogen) atoms. The van der Waals surface area contributed by atoms with Gasteiger partial charge in [-0.3, -0.25) is 4.72 Å². The maximum atomic E-state index is 12.2. The van der Waals surface area contributed by atoms with Crippen LogP contribution in [0.2, 0.25) is 5.02 Å². The van der Waals surface area contributed by atoms with E-state index in [4.69, 9.17) is 11.6 Å². The van der Waals surface area contributed by atoms with Crippen LogP contribution < -0.4 is 10.0 Å². The number of hydrogen-bond donors (Lipinski definition) is 2. The van der Waals surface area contributed by atoms with E-state index in [9.17, 15) is 8.42 Å². The molecule has 0 spiro atoms. The molecule has 0 aromatic heterocycles. The fourth-order valence-electron chi connectivity index (χ4n) is 1.57. The van der Waals surface area contributed by atoms with Crippen molar-refractivity contribution in [3.63, 3.8) is 0 Å². The molecule has 0 aliphatic heterocycles. The largest absolute Gasteiger partial charge is 0.388 e. The minimum Gasteiger partial charge on any atom is -0.388 e. The molecule has 2 aromatic carbocycles. The zero-order valence-corrected chi connectivity index (χ0v) is 14.3. The Labute approximate surface area is 136 Å². The molecule has 0 amide bonds. The van der Waals surface area contributed by atoms with Gasteiger partial charge in [-0.1, -0.05) is 11.6 Å². The van der Waals surface area contributed by atoms with Crippen molar-refractivity contribution >= 4 is 55.6 Å². The van der Waals surface area contributed by atoms with E-state index in [1.165, 1.54) is 0 Å². The SMILES string of the molecule is CNc1ccc(S(=O)(=O)Nc2ccc(I)c(Cl)c2)cc1. The second-order valence-electron chi connectivity index (χ2n) is 4.01. The van der Waals surface area contributed by atoms with Crippen molar-refractivity contribution in [2.75, 3.05) is 17.1 Å². The van der Waals surface area contributed by atoms with Crippen LogP contribution in [0.25, 0.3) is 0 Å². The van der Waals surface area contributed by atoms with Crippen LogP contribution in [-0.4, -0.2) is 15.5 Å². The zero-order chi connectivity index (χ0) is 14.8. The molecular weight excluding hydrogens is 411 g/mol. The lowest BCUT2D eigenvalue weighted by molar-refractivity contribution is 0.601. The molecular formula is C13H12ClIN2O2S. The lowest BCUT2D eigenvalue weighted by Gasteiger charge is -2.09. The monoisotopic (exact) mass is 422 g/mol. The van der Waals surface area contributed by atoms with Crippen molar-refractivity contribution in [2.45, 2.75) is 4.90 Å². The molecule has 0 aliphatic rings. The Morgan fingerprint density at radius 3 is 2.20 bits per heavy atom. The van der Waals surface area contributed by atoms with Crippen LogP contribution in [0.5, 0.6) is 0 Å². The van der Waals surface area contributed by atoms with Gasteiger partial charge in [-0.2, -0.15) is 0 Å². The van der Waals surface area contributed by atoms with E-state index in [2.05, 4.69) is 32.6 Å².